The van der Waals surface area contributed by atoms with Gasteiger partial charge in [-0.15, -0.1) is 10.2 Å². The Morgan fingerprint density at radius 2 is 1.23 bits per heavy atom. The van der Waals surface area contributed by atoms with Crippen LogP contribution in [0.5, 0.6) is 23.0 Å². The normalized spacial score (nSPS) is 15.0. The van der Waals surface area contributed by atoms with Crippen molar-refractivity contribution < 1.29 is 28.5 Å². The van der Waals surface area contributed by atoms with Gasteiger partial charge in [-0.2, -0.15) is 10.2 Å². The lowest BCUT2D eigenvalue weighted by molar-refractivity contribution is -0.121. The lowest BCUT2D eigenvalue weighted by Crippen LogP contribution is -2.26. The van der Waals surface area contributed by atoms with Crippen molar-refractivity contribution >= 4 is 59.1 Å². The van der Waals surface area contributed by atoms with Crippen LogP contribution in [-0.2, 0) is 9.59 Å². The molecule has 1 aromatic heterocycles. The molecule has 0 aliphatic carbocycles. The molecule has 2 amide bonds. The number of carbonyl (C=O) groups excluding carboxylic acids is 2. The number of hydrogen-bond donors (Lipinski definition) is 2. The van der Waals surface area contributed by atoms with E-state index in [2.05, 4.69) is 31.3 Å². The maximum atomic E-state index is 12.4. The van der Waals surface area contributed by atoms with Gasteiger partial charge in [-0.3, -0.25) is 9.59 Å². The Morgan fingerprint density at radius 1 is 0.795 bits per heavy atom. The highest BCUT2D eigenvalue weighted by molar-refractivity contribution is 8.04. The molecule has 2 aliphatic heterocycles. The van der Waals surface area contributed by atoms with E-state index in [0.29, 0.717) is 31.7 Å². The van der Waals surface area contributed by atoms with Crippen LogP contribution < -0.4 is 29.8 Å². The summed E-state index contributed by atoms with van der Waals surface area (Å²) in [6.45, 7) is 3.88. The highest BCUT2D eigenvalue weighted by atomic mass is 32.2. The van der Waals surface area contributed by atoms with Gasteiger partial charge in [0.1, 0.15) is 0 Å². The van der Waals surface area contributed by atoms with Crippen molar-refractivity contribution in [2.24, 2.45) is 10.2 Å². The van der Waals surface area contributed by atoms with Crippen molar-refractivity contribution in [3.05, 3.63) is 47.5 Å². The highest BCUT2D eigenvalue weighted by Crippen LogP contribution is 2.34. The van der Waals surface area contributed by atoms with Gasteiger partial charge in [0.25, 0.3) is 11.8 Å². The largest absolute Gasteiger partial charge is 0.454 e. The number of thioether (sulfide) groups is 2. The molecule has 2 aromatic carbocycles. The Morgan fingerprint density at radius 3 is 1.69 bits per heavy atom. The van der Waals surface area contributed by atoms with Crippen molar-refractivity contribution in [3.63, 3.8) is 0 Å². The summed E-state index contributed by atoms with van der Waals surface area (Å²) in [6.07, 6.45) is 3.06. The number of amides is 2. The fourth-order valence-electron chi connectivity index (χ4n) is 3.21. The number of nitrogens with one attached hydrogen (secondary N) is 2. The third-order valence-electron chi connectivity index (χ3n) is 5.25. The van der Waals surface area contributed by atoms with E-state index in [0.717, 1.165) is 11.1 Å². The molecular weight excluding hydrogens is 565 g/mol. The predicted octanol–water partition coefficient (Wildman–Crippen LogP) is 3.26. The molecule has 39 heavy (non-hydrogen) atoms. The van der Waals surface area contributed by atoms with E-state index in [-0.39, 0.29) is 25.4 Å². The molecule has 0 radical (unpaired) electrons. The standard InChI is InChI=1S/C24H22N6O6S3/c1-13(21(31)27-25-9-15-3-5-17-19(7-15)35-11-33-17)37-23-29-30-24(39-23)38-14(2)22(32)28-26-10-16-4-6-18-20(8-16)36-12-34-18/h3-10,13-14H,11-12H2,1-2H3,(H,27,31)(H,28,32)/b25-9-,26-10-/t13-,14+. The number of nitrogens with zero attached hydrogens (tertiary/aromatic N) is 4. The number of fused-ring (bicyclic) bond motifs is 2. The van der Waals surface area contributed by atoms with E-state index in [1.54, 1.807) is 38.1 Å². The summed E-state index contributed by atoms with van der Waals surface area (Å²) in [5.74, 6) is 2.07. The summed E-state index contributed by atoms with van der Waals surface area (Å²) in [5, 5.41) is 15.4. The second-order valence-electron chi connectivity index (χ2n) is 8.05. The third kappa shape index (κ3) is 6.99. The number of hydrogen-bond acceptors (Lipinski definition) is 13. The molecule has 0 spiro atoms. The van der Waals surface area contributed by atoms with Gasteiger partial charge in [0.15, 0.2) is 31.7 Å². The topological polar surface area (TPSA) is 146 Å². The van der Waals surface area contributed by atoms with E-state index in [1.165, 1.54) is 47.3 Å². The van der Waals surface area contributed by atoms with Gasteiger partial charge in [-0.05, 0) is 61.4 Å². The van der Waals surface area contributed by atoms with Gasteiger partial charge >= 0.3 is 0 Å². The molecule has 2 aliphatic rings. The number of hydrazone groups is 2. The molecular formula is C24H22N6O6S3. The molecule has 202 valence electrons. The van der Waals surface area contributed by atoms with E-state index in [1.807, 2.05) is 12.1 Å². The summed E-state index contributed by atoms with van der Waals surface area (Å²) in [4.78, 5) is 24.9. The minimum atomic E-state index is -0.462. The molecule has 0 saturated heterocycles. The fourth-order valence-corrected chi connectivity index (χ4v) is 6.51. The van der Waals surface area contributed by atoms with Crippen molar-refractivity contribution in [2.75, 3.05) is 13.6 Å². The zero-order valence-electron chi connectivity index (χ0n) is 20.7. The zero-order valence-corrected chi connectivity index (χ0v) is 23.1. The molecule has 15 heteroatoms. The molecule has 2 N–H and O–H groups in total. The lowest BCUT2D eigenvalue weighted by Gasteiger charge is -2.07. The SMILES string of the molecule is C[C@H](Sc1nnc(S[C@H](C)C(=O)N/N=C\c2ccc3c(c2)OCO3)s1)C(=O)N/N=C\c1ccc2c(c1)OCO2. The highest BCUT2D eigenvalue weighted by Gasteiger charge is 2.20. The molecule has 3 aromatic rings. The number of benzene rings is 2. The molecule has 0 bridgehead atoms. The predicted molar refractivity (Wildman–Crippen MR) is 147 cm³/mol. The second-order valence-corrected chi connectivity index (χ2v) is 12.2. The van der Waals surface area contributed by atoms with Gasteiger partial charge in [0.05, 0.1) is 22.9 Å². The number of ether oxygens (including phenoxy) is 4. The van der Waals surface area contributed by atoms with Crippen LogP contribution in [0.25, 0.3) is 0 Å². The van der Waals surface area contributed by atoms with Crippen LogP contribution in [0.2, 0.25) is 0 Å². The summed E-state index contributed by atoms with van der Waals surface area (Å²) in [6, 6.07) is 10.8. The fraction of sp³-hybridized carbons (Fsp3) is 0.250. The van der Waals surface area contributed by atoms with Crippen LogP contribution in [-0.4, -0.2) is 58.5 Å². The lowest BCUT2D eigenvalue weighted by atomic mass is 10.2. The molecule has 2 atom stereocenters. The molecule has 5 rings (SSSR count). The van der Waals surface area contributed by atoms with Crippen molar-refractivity contribution in [1.29, 1.82) is 0 Å². The van der Waals surface area contributed by atoms with Crippen LogP contribution in [0.4, 0.5) is 0 Å². The summed E-state index contributed by atoms with van der Waals surface area (Å²) < 4.78 is 22.4. The maximum Gasteiger partial charge on any atom is 0.253 e. The molecule has 3 heterocycles. The minimum Gasteiger partial charge on any atom is -0.454 e. The third-order valence-corrected chi connectivity index (χ3v) is 8.54. The first-order valence-electron chi connectivity index (χ1n) is 11.6. The van der Waals surface area contributed by atoms with Crippen molar-refractivity contribution in [2.45, 2.75) is 33.0 Å². The summed E-state index contributed by atoms with van der Waals surface area (Å²) >= 11 is 3.82. The second kappa shape index (κ2) is 12.4. The molecule has 0 saturated carbocycles. The van der Waals surface area contributed by atoms with Gasteiger partial charge in [0.2, 0.25) is 13.6 Å². The Bertz CT molecular complexity index is 1330. The quantitative estimate of drug-likeness (QED) is 0.206. The van der Waals surface area contributed by atoms with E-state index in [4.69, 9.17) is 18.9 Å². The van der Waals surface area contributed by atoms with Crippen LogP contribution in [0, 0.1) is 0 Å². The Kier molecular flexibility index (Phi) is 8.48. The van der Waals surface area contributed by atoms with Crippen LogP contribution in [0.15, 0.2) is 55.3 Å². The summed E-state index contributed by atoms with van der Waals surface area (Å²) in [7, 11) is 0. The van der Waals surface area contributed by atoms with E-state index in [9.17, 15) is 9.59 Å². The Hall–Kier alpha value is -3.82. The smallest absolute Gasteiger partial charge is 0.253 e. The average molecular weight is 587 g/mol. The van der Waals surface area contributed by atoms with Gasteiger partial charge in [0, 0.05) is 0 Å². The van der Waals surface area contributed by atoms with Gasteiger partial charge in [-0.25, -0.2) is 10.9 Å². The van der Waals surface area contributed by atoms with Crippen LogP contribution >= 0.6 is 34.9 Å². The van der Waals surface area contributed by atoms with Crippen LogP contribution in [0.1, 0.15) is 25.0 Å². The average Bonchev–Trinajstić information content (AvgIpc) is 3.69. The number of rotatable bonds is 10. The van der Waals surface area contributed by atoms with Crippen LogP contribution in [0.3, 0.4) is 0 Å². The first kappa shape index (κ1) is 26.8. The number of carbonyl (C=O) groups is 2. The van der Waals surface area contributed by atoms with E-state index < -0.39 is 10.5 Å². The first-order chi connectivity index (χ1) is 18.9. The minimum absolute atomic E-state index is 0.192. The first-order valence-corrected chi connectivity index (χ1v) is 14.1. The molecule has 0 unspecified atom stereocenters. The van der Waals surface area contributed by atoms with Gasteiger partial charge in [-0.1, -0.05) is 34.9 Å². The maximum absolute atomic E-state index is 12.4. The number of aromatic nitrogens is 2. The summed E-state index contributed by atoms with van der Waals surface area (Å²) in [5.41, 5.74) is 6.58. The molecule has 0 fully saturated rings. The Labute approximate surface area is 235 Å². The molecule has 12 nitrogen and oxygen atoms in total. The van der Waals surface area contributed by atoms with Crippen molar-refractivity contribution in [1.82, 2.24) is 21.0 Å². The van der Waals surface area contributed by atoms with E-state index >= 15 is 0 Å². The monoisotopic (exact) mass is 586 g/mol. The van der Waals surface area contributed by atoms with Gasteiger partial charge < -0.3 is 18.9 Å². The zero-order chi connectivity index (χ0) is 27.2. The van der Waals surface area contributed by atoms with Crippen molar-refractivity contribution in [3.8, 4) is 23.0 Å². The Balaban J connectivity index is 1.05.